The van der Waals surface area contributed by atoms with Crippen LogP contribution in [0.1, 0.15) is 11.1 Å². The molecule has 7 nitrogen and oxygen atoms in total. The predicted octanol–water partition coefficient (Wildman–Crippen LogP) is 3.89. The number of hydrogen-bond acceptors (Lipinski definition) is 5. The number of amides is 4. The summed E-state index contributed by atoms with van der Waals surface area (Å²) >= 11 is 6.13. The van der Waals surface area contributed by atoms with Gasteiger partial charge in [0.2, 0.25) is 0 Å². The van der Waals surface area contributed by atoms with Gasteiger partial charge in [0, 0.05) is 16.7 Å². The Morgan fingerprint density at radius 2 is 1.93 bits per heavy atom. The van der Waals surface area contributed by atoms with E-state index >= 15 is 0 Å². The molecule has 1 fully saturated rings. The van der Waals surface area contributed by atoms with Crippen LogP contribution in [0.25, 0.3) is 6.08 Å². The number of nitrogens with one attached hydrogen (secondary N) is 1. The van der Waals surface area contributed by atoms with Crippen molar-refractivity contribution in [3.05, 3.63) is 70.8 Å². The fourth-order valence-corrected chi connectivity index (χ4v) is 2.98. The van der Waals surface area contributed by atoms with E-state index < -0.39 is 17.8 Å². The Bertz CT molecular complexity index is 1080. The molecule has 1 N–H and O–H groups in total. The minimum absolute atomic E-state index is 0.218. The van der Waals surface area contributed by atoms with Crippen molar-refractivity contribution in [1.29, 1.82) is 0 Å². The van der Waals surface area contributed by atoms with Crippen molar-refractivity contribution in [3.63, 3.8) is 0 Å². The Labute approximate surface area is 178 Å². The lowest BCUT2D eigenvalue weighted by Gasteiger charge is -2.26. The van der Waals surface area contributed by atoms with Crippen LogP contribution in [0.3, 0.4) is 0 Å². The van der Waals surface area contributed by atoms with Crippen LogP contribution in [-0.2, 0) is 9.59 Å². The predicted molar refractivity (Wildman–Crippen MR) is 114 cm³/mol. The van der Waals surface area contributed by atoms with E-state index in [9.17, 15) is 14.4 Å². The molecule has 2 aromatic rings. The van der Waals surface area contributed by atoms with Crippen LogP contribution < -0.4 is 19.7 Å². The van der Waals surface area contributed by atoms with E-state index in [-0.39, 0.29) is 17.9 Å². The van der Waals surface area contributed by atoms with Crippen LogP contribution >= 0.6 is 11.6 Å². The van der Waals surface area contributed by atoms with Crippen LogP contribution in [0.5, 0.6) is 11.5 Å². The van der Waals surface area contributed by atoms with Gasteiger partial charge in [-0.3, -0.25) is 14.9 Å². The van der Waals surface area contributed by atoms with Gasteiger partial charge in [0.15, 0.2) is 0 Å². The molecule has 0 spiro atoms. The number of carbonyl (C=O) groups excluding carboxylic acids is 3. The van der Waals surface area contributed by atoms with E-state index in [0.717, 1.165) is 10.5 Å². The van der Waals surface area contributed by atoms with Crippen molar-refractivity contribution in [2.45, 2.75) is 6.92 Å². The van der Waals surface area contributed by atoms with Crippen LogP contribution in [0, 0.1) is 6.92 Å². The number of methoxy groups -OCH3 is 1. The molecule has 1 saturated heterocycles. The monoisotopic (exact) mass is 426 g/mol. The number of benzene rings is 2. The maximum Gasteiger partial charge on any atom is 0.335 e. The zero-order chi connectivity index (χ0) is 21.8. The van der Waals surface area contributed by atoms with E-state index in [1.807, 2.05) is 0 Å². The molecular weight excluding hydrogens is 408 g/mol. The topological polar surface area (TPSA) is 84.9 Å². The lowest BCUT2D eigenvalue weighted by atomic mass is 10.1. The second kappa shape index (κ2) is 8.84. The highest BCUT2D eigenvalue weighted by Crippen LogP contribution is 2.30. The minimum Gasteiger partial charge on any atom is -0.497 e. The Hall–Kier alpha value is -3.58. The number of anilines is 1. The zero-order valence-electron chi connectivity index (χ0n) is 16.4. The maximum atomic E-state index is 13.0. The van der Waals surface area contributed by atoms with Gasteiger partial charge in [0.1, 0.15) is 23.7 Å². The Kier molecular flexibility index (Phi) is 6.23. The SMILES string of the molecule is C=CCOc1cc(OC)ccc1/C=C1\C(=O)NC(=O)N(c2ccc(C)c(Cl)c2)C1=O. The summed E-state index contributed by atoms with van der Waals surface area (Å²) in [5, 5.41) is 2.58. The average Bonchev–Trinajstić information content (AvgIpc) is 2.72. The molecule has 0 bridgehead atoms. The molecule has 154 valence electrons. The van der Waals surface area contributed by atoms with E-state index in [2.05, 4.69) is 11.9 Å². The average molecular weight is 427 g/mol. The smallest absolute Gasteiger partial charge is 0.335 e. The number of ether oxygens (including phenoxy) is 2. The van der Waals surface area contributed by atoms with Gasteiger partial charge in [-0.25, -0.2) is 9.69 Å². The highest BCUT2D eigenvalue weighted by molar-refractivity contribution is 6.39. The molecule has 0 aromatic heterocycles. The van der Waals surface area contributed by atoms with E-state index in [4.69, 9.17) is 21.1 Å². The van der Waals surface area contributed by atoms with Crippen LogP contribution in [-0.4, -0.2) is 31.6 Å². The number of aryl methyl sites for hydroxylation is 1. The molecule has 3 rings (SSSR count). The summed E-state index contributed by atoms with van der Waals surface area (Å²) in [5.74, 6) is -0.634. The van der Waals surface area contributed by atoms with Crippen molar-refractivity contribution in [1.82, 2.24) is 5.32 Å². The van der Waals surface area contributed by atoms with Crippen molar-refractivity contribution in [2.24, 2.45) is 0 Å². The first-order chi connectivity index (χ1) is 14.3. The van der Waals surface area contributed by atoms with Gasteiger partial charge in [0.05, 0.1) is 12.8 Å². The standard InChI is InChI=1S/C22H19ClN2O5/c1-4-9-30-19-12-16(29-3)8-6-14(19)10-17-20(26)24-22(28)25(21(17)27)15-7-5-13(2)18(23)11-15/h4-8,10-12H,1,9H2,2-3H3,(H,24,26,28)/b17-10+. The van der Waals surface area contributed by atoms with Gasteiger partial charge in [-0.1, -0.05) is 30.3 Å². The van der Waals surface area contributed by atoms with E-state index in [1.54, 1.807) is 43.3 Å². The van der Waals surface area contributed by atoms with Gasteiger partial charge >= 0.3 is 6.03 Å². The van der Waals surface area contributed by atoms with Gasteiger partial charge in [-0.2, -0.15) is 0 Å². The Balaban J connectivity index is 2.04. The highest BCUT2D eigenvalue weighted by atomic mass is 35.5. The Morgan fingerprint density at radius 3 is 2.60 bits per heavy atom. The first-order valence-corrected chi connectivity index (χ1v) is 9.33. The third-order valence-corrected chi connectivity index (χ3v) is 4.80. The van der Waals surface area contributed by atoms with Crippen molar-refractivity contribution in [3.8, 4) is 11.5 Å². The molecule has 2 aromatic carbocycles. The van der Waals surface area contributed by atoms with Crippen molar-refractivity contribution < 1.29 is 23.9 Å². The number of imide groups is 2. The molecule has 1 heterocycles. The fourth-order valence-electron chi connectivity index (χ4n) is 2.80. The van der Waals surface area contributed by atoms with Crippen molar-refractivity contribution in [2.75, 3.05) is 18.6 Å². The van der Waals surface area contributed by atoms with Crippen molar-refractivity contribution >= 4 is 41.2 Å². The molecule has 0 radical (unpaired) electrons. The molecule has 0 aliphatic carbocycles. The number of rotatable bonds is 6. The lowest BCUT2D eigenvalue weighted by Crippen LogP contribution is -2.54. The first kappa shape index (κ1) is 21.1. The van der Waals surface area contributed by atoms with Gasteiger partial charge in [0.25, 0.3) is 11.8 Å². The van der Waals surface area contributed by atoms with Crippen LogP contribution in [0.15, 0.2) is 54.6 Å². The molecule has 0 saturated carbocycles. The molecule has 1 aliphatic rings. The minimum atomic E-state index is -0.847. The molecule has 30 heavy (non-hydrogen) atoms. The number of halogens is 1. The number of nitrogens with zero attached hydrogens (tertiary/aromatic N) is 1. The second-order valence-corrected chi connectivity index (χ2v) is 6.80. The fraction of sp³-hybridized carbons (Fsp3) is 0.136. The summed E-state index contributed by atoms with van der Waals surface area (Å²) in [6.07, 6.45) is 2.93. The zero-order valence-corrected chi connectivity index (χ0v) is 17.2. The number of carbonyl (C=O) groups is 3. The highest BCUT2D eigenvalue weighted by Gasteiger charge is 2.37. The summed E-state index contributed by atoms with van der Waals surface area (Å²) < 4.78 is 10.8. The Morgan fingerprint density at radius 1 is 1.17 bits per heavy atom. The largest absolute Gasteiger partial charge is 0.497 e. The molecule has 1 aliphatic heterocycles. The molecule has 0 atom stereocenters. The third-order valence-electron chi connectivity index (χ3n) is 4.39. The second-order valence-electron chi connectivity index (χ2n) is 6.39. The van der Waals surface area contributed by atoms with Gasteiger partial charge in [-0.05, 0) is 42.8 Å². The van der Waals surface area contributed by atoms with E-state index in [0.29, 0.717) is 22.1 Å². The summed E-state index contributed by atoms with van der Waals surface area (Å²) in [6, 6.07) is 8.85. The van der Waals surface area contributed by atoms with Gasteiger partial charge in [-0.15, -0.1) is 0 Å². The summed E-state index contributed by atoms with van der Waals surface area (Å²) in [4.78, 5) is 38.7. The molecule has 8 heteroatoms. The van der Waals surface area contributed by atoms with Crippen LogP contribution in [0.4, 0.5) is 10.5 Å². The van der Waals surface area contributed by atoms with Gasteiger partial charge < -0.3 is 9.47 Å². The third kappa shape index (κ3) is 4.21. The maximum absolute atomic E-state index is 13.0. The number of barbiturate groups is 1. The number of hydrogen-bond donors (Lipinski definition) is 1. The van der Waals surface area contributed by atoms with E-state index in [1.165, 1.54) is 19.3 Å². The number of urea groups is 1. The molecule has 4 amide bonds. The molecular formula is C22H19ClN2O5. The quantitative estimate of drug-likeness (QED) is 0.430. The first-order valence-electron chi connectivity index (χ1n) is 8.95. The summed E-state index contributed by atoms with van der Waals surface area (Å²) in [7, 11) is 1.51. The molecule has 0 unspecified atom stereocenters. The summed E-state index contributed by atoms with van der Waals surface area (Å²) in [6.45, 7) is 5.63. The summed E-state index contributed by atoms with van der Waals surface area (Å²) in [5.41, 5.74) is 1.29. The van der Waals surface area contributed by atoms with Crippen LogP contribution in [0.2, 0.25) is 5.02 Å². The normalized spacial score (nSPS) is 15.2. The lowest BCUT2D eigenvalue weighted by molar-refractivity contribution is -0.122.